The van der Waals surface area contributed by atoms with Gasteiger partial charge in [-0.25, -0.2) is 29.5 Å². The number of aromatic nitrogens is 4. The van der Waals surface area contributed by atoms with E-state index in [4.69, 9.17) is 28.9 Å². The molecule has 4 aromatic heterocycles. The molecule has 0 spiro atoms. The number of carboxylic acids is 2. The van der Waals surface area contributed by atoms with E-state index in [0.29, 0.717) is 103 Å². The van der Waals surface area contributed by atoms with Gasteiger partial charge in [0.15, 0.2) is 11.2 Å². The lowest BCUT2D eigenvalue weighted by molar-refractivity contribution is -0.154. The molecule has 4 aliphatic carbocycles. The summed E-state index contributed by atoms with van der Waals surface area (Å²) in [5.74, 6) is 1.52. The first-order valence-corrected chi connectivity index (χ1v) is 29.7. The zero-order valence-electron chi connectivity index (χ0n) is 48.2. The lowest BCUT2D eigenvalue weighted by Gasteiger charge is -2.32. The fourth-order valence-electron chi connectivity index (χ4n) is 11.6. The number of ether oxygens (including phenoxy) is 4. The summed E-state index contributed by atoms with van der Waals surface area (Å²) in [4.78, 5) is 41.7. The quantitative estimate of drug-likeness (QED) is 0.0325. The maximum atomic E-state index is 11.3. The molecular formula is C62H84N12O8. The zero-order valence-corrected chi connectivity index (χ0v) is 48.2. The average Bonchev–Trinajstić information content (AvgIpc) is 4.54. The number of nitrogens with one attached hydrogen (secondary N) is 6. The Morgan fingerprint density at radius 3 is 1.29 bits per heavy atom. The van der Waals surface area contributed by atoms with Crippen molar-refractivity contribution in [3.8, 4) is 34.7 Å². The van der Waals surface area contributed by atoms with Crippen molar-refractivity contribution in [1.82, 2.24) is 30.6 Å². The molecule has 20 nitrogen and oxygen atoms in total. The molecule has 0 radical (unpaired) electrons. The minimum atomic E-state index is -0.935. The maximum Gasteiger partial charge on any atom is 0.335 e. The van der Waals surface area contributed by atoms with Crippen LogP contribution < -0.4 is 31.9 Å². The fourth-order valence-corrected chi connectivity index (χ4v) is 11.6. The van der Waals surface area contributed by atoms with Crippen LogP contribution >= 0.6 is 0 Å². The number of rotatable bonds is 24. The standard InChI is InChI=1S/2C31H42N6O4/c2*1-21-17-33-28(36-24-8-6-23(7-9-24)35-22(2)18-41-31(10-11-31)29(38)39)16-25(21)26-4-3-5-27(37-26)34-20-30(19-32)12-14-40-15-13-30/h2*3-5,16-17,22-24,35H,6-15,18,20H2,1-2H3,(H,33,36)(H,34,37)(H,38,39)/t2*22-,23?,24?/m10/s1. The van der Waals surface area contributed by atoms with E-state index in [1.54, 1.807) is 0 Å². The van der Waals surface area contributed by atoms with Crippen molar-refractivity contribution in [1.29, 1.82) is 10.5 Å². The number of nitrogens with zero attached hydrogens (tertiary/aromatic N) is 6. The normalized spacial score (nSPS) is 23.6. The van der Waals surface area contributed by atoms with Crippen molar-refractivity contribution >= 4 is 35.2 Å². The third-order valence-electron chi connectivity index (χ3n) is 17.5. The molecule has 20 heteroatoms. The highest BCUT2D eigenvalue weighted by Crippen LogP contribution is 2.41. The Balaban J connectivity index is 0.000000198. The number of hydrogen-bond acceptors (Lipinski definition) is 18. The Bertz CT molecular complexity index is 2680. The summed E-state index contributed by atoms with van der Waals surface area (Å²) in [6.07, 6.45) is 17.4. The smallest absolute Gasteiger partial charge is 0.335 e. The van der Waals surface area contributed by atoms with E-state index >= 15 is 0 Å². The number of aliphatic carboxylic acids is 2. The van der Waals surface area contributed by atoms with Crippen LogP contribution in [0.15, 0.2) is 60.9 Å². The monoisotopic (exact) mass is 1120 g/mol. The number of carbonyl (C=O) groups is 2. The summed E-state index contributed by atoms with van der Waals surface area (Å²) >= 11 is 0. The van der Waals surface area contributed by atoms with Gasteiger partial charge in [0, 0.05) is 99.3 Å². The lowest BCUT2D eigenvalue weighted by atomic mass is 9.82. The van der Waals surface area contributed by atoms with Gasteiger partial charge in [0.2, 0.25) is 0 Å². The Labute approximate surface area is 482 Å². The van der Waals surface area contributed by atoms with Crippen LogP contribution in [0.5, 0.6) is 0 Å². The van der Waals surface area contributed by atoms with E-state index < -0.39 is 34.0 Å². The highest BCUT2D eigenvalue weighted by molar-refractivity contribution is 5.81. The number of hydrogen-bond donors (Lipinski definition) is 8. The molecule has 0 amide bonds. The third-order valence-corrected chi connectivity index (χ3v) is 17.5. The molecule has 6 fully saturated rings. The third kappa shape index (κ3) is 16.0. The van der Waals surface area contributed by atoms with Crippen molar-refractivity contribution < 1.29 is 38.7 Å². The van der Waals surface area contributed by atoms with E-state index in [0.717, 1.165) is 134 Å². The molecule has 440 valence electrons. The predicted octanol–water partition coefficient (Wildman–Crippen LogP) is 9.04. The Hall–Kier alpha value is -6.52. The summed E-state index contributed by atoms with van der Waals surface area (Å²) in [6.45, 7) is 12.6. The first kappa shape index (κ1) is 60.1. The van der Waals surface area contributed by atoms with E-state index in [1.807, 2.05) is 62.6 Å². The van der Waals surface area contributed by atoms with Crippen molar-refractivity contribution in [2.24, 2.45) is 10.8 Å². The molecule has 0 bridgehead atoms. The van der Waals surface area contributed by atoms with Crippen molar-refractivity contribution in [2.45, 2.75) is 178 Å². The number of carboxylic acid groups (broad SMARTS) is 2. The van der Waals surface area contributed by atoms with Crippen molar-refractivity contribution in [3.05, 3.63) is 72.1 Å². The Morgan fingerprint density at radius 2 is 0.951 bits per heavy atom. The number of nitriles is 2. The molecule has 4 saturated carbocycles. The van der Waals surface area contributed by atoms with Crippen LogP contribution in [0, 0.1) is 47.3 Å². The number of anilines is 4. The molecule has 2 atom stereocenters. The van der Waals surface area contributed by atoms with Gasteiger partial charge < -0.3 is 61.1 Å². The second kappa shape index (κ2) is 27.3. The van der Waals surface area contributed by atoms with Gasteiger partial charge in [-0.3, -0.25) is 0 Å². The first-order valence-electron chi connectivity index (χ1n) is 29.7. The minimum Gasteiger partial charge on any atom is -0.479 e. The van der Waals surface area contributed by atoms with Crippen molar-refractivity contribution in [3.63, 3.8) is 0 Å². The molecule has 2 saturated heterocycles. The summed E-state index contributed by atoms with van der Waals surface area (Å²) < 4.78 is 22.3. The van der Waals surface area contributed by atoms with Gasteiger partial charge >= 0.3 is 11.9 Å². The molecule has 8 N–H and O–H groups in total. The van der Waals surface area contributed by atoms with Crippen molar-refractivity contribution in [2.75, 3.05) is 74.0 Å². The van der Waals surface area contributed by atoms with Crippen LogP contribution in [-0.4, -0.2) is 142 Å². The maximum absolute atomic E-state index is 11.3. The van der Waals surface area contributed by atoms with Crippen LogP contribution in [0.4, 0.5) is 23.3 Å². The SMILES string of the molecule is Cc1cnc(NC2CCC(N[C@@H](C)COC3(C(=O)O)CC3)CC2)cc1-c1cccc(NCC2(C#N)CCOCC2)n1.Cc1cnc(NC2CCC(N[C@H](C)COC3(C(=O)O)CC3)CC2)cc1-c1cccc(NCC2(C#N)CCOCC2)n1. The highest BCUT2D eigenvalue weighted by Gasteiger charge is 2.53. The van der Waals surface area contributed by atoms with Crippen LogP contribution in [0.25, 0.3) is 22.5 Å². The molecule has 0 unspecified atom stereocenters. The van der Waals surface area contributed by atoms with Crippen LogP contribution in [0.2, 0.25) is 0 Å². The Morgan fingerprint density at radius 1 is 0.585 bits per heavy atom. The van der Waals surface area contributed by atoms with Gasteiger partial charge in [0.25, 0.3) is 0 Å². The van der Waals surface area contributed by atoms with E-state index in [2.05, 4.69) is 80.0 Å². The summed E-state index contributed by atoms with van der Waals surface area (Å²) in [5.41, 5.74) is 3.21. The van der Waals surface area contributed by atoms with Gasteiger partial charge in [-0.15, -0.1) is 0 Å². The molecule has 82 heavy (non-hydrogen) atoms. The molecule has 4 aromatic rings. The largest absolute Gasteiger partial charge is 0.479 e. The second-order valence-electron chi connectivity index (χ2n) is 24.0. The number of pyridine rings is 4. The highest BCUT2D eigenvalue weighted by atomic mass is 16.5. The van der Waals surface area contributed by atoms with Crippen LogP contribution in [0.3, 0.4) is 0 Å². The van der Waals surface area contributed by atoms with Crippen LogP contribution in [-0.2, 0) is 28.5 Å². The topological polar surface area (TPSA) is 283 Å². The van der Waals surface area contributed by atoms with E-state index in [-0.39, 0.29) is 12.1 Å². The van der Waals surface area contributed by atoms with E-state index in [9.17, 15) is 30.3 Å². The summed E-state index contributed by atoms with van der Waals surface area (Å²) in [5, 5.41) is 59.4. The summed E-state index contributed by atoms with van der Waals surface area (Å²) in [6, 6.07) is 22.8. The zero-order chi connectivity index (χ0) is 57.7. The lowest BCUT2D eigenvalue weighted by Crippen LogP contribution is -2.44. The van der Waals surface area contributed by atoms with Gasteiger partial charge in [0.05, 0.1) is 47.6 Å². The van der Waals surface area contributed by atoms with E-state index in [1.165, 1.54) is 0 Å². The second-order valence-corrected chi connectivity index (χ2v) is 24.0. The molecule has 2 aliphatic heterocycles. The van der Waals surface area contributed by atoms with Gasteiger partial charge in [0.1, 0.15) is 23.3 Å². The Kier molecular flexibility index (Phi) is 20.0. The average molecular weight is 1130 g/mol. The van der Waals surface area contributed by atoms with Gasteiger partial charge in [-0.1, -0.05) is 12.1 Å². The predicted molar refractivity (Wildman–Crippen MR) is 313 cm³/mol. The molecule has 0 aromatic carbocycles. The van der Waals surface area contributed by atoms with Gasteiger partial charge in [-0.2, -0.15) is 10.5 Å². The fraction of sp³-hybridized carbons (Fsp3) is 0.613. The number of aryl methyl sites for hydroxylation is 2. The summed E-state index contributed by atoms with van der Waals surface area (Å²) in [7, 11) is 0. The minimum absolute atomic E-state index is 0.113. The molecule has 6 heterocycles. The first-order chi connectivity index (χ1) is 39.6. The van der Waals surface area contributed by atoms with Crippen LogP contribution in [0.1, 0.15) is 128 Å². The molecular weight excluding hydrogens is 1040 g/mol. The molecule has 10 rings (SSSR count). The van der Waals surface area contributed by atoms with Gasteiger partial charge in [-0.05, 0) is 178 Å². The molecule has 6 aliphatic rings.